The molecule has 1 aliphatic carbocycles. The predicted octanol–water partition coefficient (Wildman–Crippen LogP) is 3.51. The van der Waals surface area contributed by atoms with Crippen molar-refractivity contribution in [2.45, 2.75) is 40.5 Å². The summed E-state index contributed by atoms with van der Waals surface area (Å²) in [5.74, 6) is 1.24. The molecule has 0 aromatic rings. The van der Waals surface area contributed by atoms with Crippen LogP contribution < -0.4 is 0 Å². The minimum Gasteiger partial charge on any atom is -0.289 e. The number of carbonyl (C=O) groups is 1. The first-order valence-corrected chi connectivity index (χ1v) is 5.46. The third-order valence-corrected chi connectivity index (χ3v) is 2.32. The van der Waals surface area contributed by atoms with Gasteiger partial charge in [0, 0.05) is 0 Å². The fourth-order valence-corrected chi connectivity index (χ4v) is 1.83. The fourth-order valence-electron chi connectivity index (χ4n) is 1.83. The van der Waals surface area contributed by atoms with Gasteiger partial charge in [0.05, 0.1) is 0 Å². The molecule has 1 fully saturated rings. The zero-order valence-corrected chi connectivity index (χ0v) is 9.63. The van der Waals surface area contributed by atoms with Crippen LogP contribution >= 0.6 is 0 Å². The van der Waals surface area contributed by atoms with E-state index in [4.69, 9.17) is 0 Å². The molecule has 0 aromatic heterocycles. The molecule has 1 heteroatoms. The first-order chi connectivity index (χ1) is 6.50. The van der Waals surface area contributed by atoms with E-state index in [1.807, 2.05) is 0 Å². The molecule has 1 saturated carbocycles. The molecule has 0 saturated heterocycles. The maximum atomic E-state index is 11.8. The molecule has 0 spiro atoms. The number of hydrogen-bond donors (Lipinski definition) is 0. The predicted molar refractivity (Wildman–Crippen MR) is 60.1 cm³/mol. The standard InChI is InChI=1S/C13H20O/c1-9(2)7-11-5-6-12(13(11)14)8-10(3)4/h7-10H,5-6H2,1-4H3/b11-7-,12-8+. The second kappa shape index (κ2) is 4.59. The molecular formula is C13H20O. The molecule has 14 heavy (non-hydrogen) atoms. The quantitative estimate of drug-likeness (QED) is 0.612. The maximum Gasteiger partial charge on any atom is 0.184 e. The fraction of sp³-hybridized carbons (Fsp3) is 0.615. The summed E-state index contributed by atoms with van der Waals surface area (Å²) in [6.07, 6.45) is 6.08. The Bertz CT molecular complexity index is 252. The van der Waals surface area contributed by atoms with E-state index in [0.717, 1.165) is 24.0 Å². The Balaban J connectivity index is 2.79. The van der Waals surface area contributed by atoms with Gasteiger partial charge >= 0.3 is 0 Å². The van der Waals surface area contributed by atoms with Crippen molar-refractivity contribution in [1.82, 2.24) is 0 Å². The number of Topliss-reactive ketones (excluding diaryl/α,β-unsaturated/α-hetero) is 1. The topological polar surface area (TPSA) is 17.1 Å². The van der Waals surface area contributed by atoms with Gasteiger partial charge in [-0.2, -0.15) is 0 Å². The molecule has 1 rings (SSSR count). The molecule has 0 radical (unpaired) electrons. The van der Waals surface area contributed by atoms with E-state index in [0.29, 0.717) is 11.8 Å². The van der Waals surface area contributed by atoms with Crippen LogP contribution in [0.25, 0.3) is 0 Å². The summed E-state index contributed by atoms with van der Waals surface area (Å²) in [5, 5.41) is 0. The van der Waals surface area contributed by atoms with Gasteiger partial charge in [-0.1, -0.05) is 39.8 Å². The van der Waals surface area contributed by atoms with Crippen molar-refractivity contribution in [3.05, 3.63) is 23.3 Å². The first-order valence-electron chi connectivity index (χ1n) is 5.46. The van der Waals surface area contributed by atoms with Gasteiger partial charge in [-0.25, -0.2) is 0 Å². The summed E-state index contributed by atoms with van der Waals surface area (Å²) in [7, 11) is 0. The summed E-state index contributed by atoms with van der Waals surface area (Å²) in [5.41, 5.74) is 2.04. The minimum atomic E-state index is 0.285. The zero-order chi connectivity index (χ0) is 10.7. The molecule has 1 aliphatic rings. The Morgan fingerprint density at radius 2 is 1.29 bits per heavy atom. The maximum absolute atomic E-state index is 11.8. The van der Waals surface area contributed by atoms with Gasteiger partial charge in [-0.15, -0.1) is 0 Å². The Morgan fingerprint density at radius 3 is 1.57 bits per heavy atom. The highest BCUT2D eigenvalue weighted by Gasteiger charge is 2.22. The number of allylic oxidation sites excluding steroid dienone is 4. The highest BCUT2D eigenvalue weighted by Crippen LogP contribution is 2.27. The largest absolute Gasteiger partial charge is 0.289 e. The Kier molecular flexibility index (Phi) is 3.68. The van der Waals surface area contributed by atoms with Crippen LogP contribution in [0.4, 0.5) is 0 Å². The average Bonchev–Trinajstić information content (AvgIpc) is 2.34. The normalized spacial score (nSPS) is 23.4. The summed E-state index contributed by atoms with van der Waals surface area (Å²) < 4.78 is 0. The summed E-state index contributed by atoms with van der Waals surface area (Å²) in [6, 6.07) is 0. The molecule has 0 unspecified atom stereocenters. The van der Waals surface area contributed by atoms with Crippen molar-refractivity contribution in [3.8, 4) is 0 Å². The van der Waals surface area contributed by atoms with E-state index >= 15 is 0 Å². The SMILES string of the molecule is CC(C)/C=C1/CC/C(=C\C(C)C)C1=O. The number of carbonyl (C=O) groups excluding carboxylic acids is 1. The van der Waals surface area contributed by atoms with Gasteiger partial charge in [-0.3, -0.25) is 4.79 Å². The Hall–Kier alpha value is -0.850. The third-order valence-electron chi connectivity index (χ3n) is 2.32. The smallest absolute Gasteiger partial charge is 0.184 e. The van der Waals surface area contributed by atoms with Crippen LogP contribution in [0.1, 0.15) is 40.5 Å². The second-order valence-electron chi connectivity index (χ2n) is 4.70. The summed E-state index contributed by atoms with van der Waals surface area (Å²) >= 11 is 0. The van der Waals surface area contributed by atoms with Gasteiger partial charge < -0.3 is 0 Å². The molecule has 1 nitrogen and oxygen atoms in total. The lowest BCUT2D eigenvalue weighted by molar-refractivity contribution is -0.111. The molecule has 0 bridgehead atoms. The summed E-state index contributed by atoms with van der Waals surface area (Å²) in [4.78, 5) is 11.8. The van der Waals surface area contributed by atoms with E-state index in [2.05, 4.69) is 39.8 Å². The first kappa shape index (κ1) is 11.2. The molecule has 78 valence electrons. The molecule has 0 amide bonds. The van der Waals surface area contributed by atoms with E-state index < -0.39 is 0 Å². The van der Waals surface area contributed by atoms with Gasteiger partial charge in [0.2, 0.25) is 0 Å². The van der Waals surface area contributed by atoms with Crippen LogP contribution in [-0.2, 0) is 4.79 Å². The number of ketones is 1. The number of hydrogen-bond acceptors (Lipinski definition) is 1. The van der Waals surface area contributed by atoms with Crippen molar-refractivity contribution in [3.63, 3.8) is 0 Å². The van der Waals surface area contributed by atoms with Gasteiger partial charge in [-0.05, 0) is 35.8 Å². The Morgan fingerprint density at radius 1 is 0.929 bits per heavy atom. The van der Waals surface area contributed by atoms with Crippen LogP contribution in [0.15, 0.2) is 23.3 Å². The van der Waals surface area contributed by atoms with E-state index in [9.17, 15) is 4.79 Å². The molecule has 0 heterocycles. The molecule has 0 atom stereocenters. The van der Waals surface area contributed by atoms with Gasteiger partial charge in [0.1, 0.15) is 0 Å². The van der Waals surface area contributed by atoms with E-state index in [1.54, 1.807) is 0 Å². The highest BCUT2D eigenvalue weighted by molar-refractivity contribution is 6.10. The molecular weight excluding hydrogens is 172 g/mol. The van der Waals surface area contributed by atoms with Crippen LogP contribution in [0.3, 0.4) is 0 Å². The second-order valence-corrected chi connectivity index (χ2v) is 4.70. The molecule has 0 aromatic carbocycles. The van der Waals surface area contributed by atoms with Gasteiger partial charge in [0.25, 0.3) is 0 Å². The monoisotopic (exact) mass is 192 g/mol. The molecule has 0 N–H and O–H groups in total. The lowest BCUT2D eigenvalue weighted by atomic mass is 10.1. The lowest BCUT2D eigenvalue weighted by Crippen LogP contribution is -1.98. The van der Waals surface area contributed by atoms with Crippen LogP contribution in [0.2, 0.25) is 0 Å². The van der Waals surface area contributed by atoms with Crippen molar-refractivity contribution in [2.24, 2.45) is 11.8 Å². The zero-order valence-electron chi connectivity index (χ0n) is 9.63. The van der Waals surface area contributed by atoms with Gasteiger partial charge in [0.15, 0.2) is 5.78 Å². The summed E-state index contributed by atoms with van der Waals surface area (Å²) in [6.45, 7) is 8.46. The van der Waals surface area contributed by atoms with E-state index in [1.165, 1.54) is 0 Å². The van der Waals surface area contributed by atoms with Crippen molar-refractivity contribution >= 4 is 5.78 Å². The Labute approximate surface area is 86.9 Å². The molecule has 0 aliphatic heterocycles. The highest BCUT2D eigenvalue weighted by atomic mass is 16.1. The van der Waals surface area contributed by atoms with Crippen molar-refractivity contribution in [2.75, 3.05) is 0 Å². The number of rotatable bonds is 2. The van der Waals surface area contributed by atoms with Crippen molar-refractivity contribution < 1.29 is 4.79 Å². The average molecular weight is 192 g/mol. The van der Waals surface area contributed by atoms with Crippen LogP contribution in [-0.4, -0.2) is 5.78 Å². The third kappa shape index (κ3) is 2.83. The van der Waals surface area contributed by atoms with Crippen LogP contribution in [0, 0.1) is 11.8 Å². The van der Waals surface area contributed by atoms with E-state index in [-0.39, 0.29) is 5.78 Å². The van der Waals surface area contributed by atoms with Crippen molar-refractivity contribution in [1.29, 1.82) is 0 Å². The lowest BCUT2D eigenvalue weighted by Gasteiger charge is -1.99. The minimum absolute atomic E-state index is 0.285. The van der Waals surface area contributed by atoms with Crippen LogP contribution in [0.5, 0.6) is 0 Å².